The molecule has 3 heteroatoms. The maximum Gasteiger partial charge on any atom is 0.323 e. The minimum Gasteiger partial charge on any atom is -0.460 e. The highest BCUT2D eigenvalue weighted by Gasteiger charge is 2.21. The van der Waals surface area contributed by atoms with Crippen LogP contribution in [0.2, 0.25) is 0 Å². The Hall–Kier alpha value is -2.13. The highest BCUT2D eigenvalue weighted by Crippen LogP contribution is 2.09. The van der Waals surface area contributed by atoms with E-state index in [1.807, 2.05) is 30.3 Å². The van der Waals surface area contributed by atoms with Crippen LogP contribution in [0, 0.1) is 0 Å². The number of esters is 1. The Kier molecular flexibility index (Phi) is 12.7. The monoisotopic (exact) mass is 369 g/mol. The largest absolute Gasteiger partial charge is 0.460 e. The molecule has 0 aliphatic carbocycles. The van der Waals surface area contributed by atoms with Crippen molar-refractivity contribution in [1.29, 1.82) is 0 Å². The Morgan fingerprint density at radius 1 is 1.15 bits per heavy atom. The van der Waals surface area contributed by atoms with Gasteiger partial charge in [-0.3, -0.25) is 4.79 Å². The van der Waals surface area contributed by atoms with Crippen molar-refractivity contribution in [3.8, 4) is 0 Å². The molecule has 3 nitrogen and oxygen atoms in total. The molecular weight excluding hydrogens is 334 g/mol. The molecule has 0 bridgehead atoms. The summed E-state index contributed by atoms with van der Waals surface area (Å²) >= 11 is 0. The van der Waals surface area contributed by atoms with Gasteiger partial charge in [-0.1, -0.05) is 86.1 Å². The lowest BCUT2D eigenvalue weighted by Crippen LogP contribution is -2.41. The first-order valence-corrected chi connectivity index (χ1v) is 10.0. The Labute approximate surface area is 165 Å². The van der Waals surface area contributed by atoms with Crippen molar-refractivity contribution in [2.24, 2.45) is 0 Å². The quantitative estimate of drug-likeness (QED) is 0.492. The lowest BCUT2D eigenvalue weighted by molar-refractivity contribution is -0.148. The zero-order chi connectivity index (χ0) is 19.7. The third-order valence-corrected chi connectivity index (χ3v) is 4.06. The predicted molar refractivity (Wildman–Crippen MR) is 114 cm³/mol. The van der Waals surface area contributed by atoms with E-state index in [1.165, 1.54) is 18.4 Å². The summed E-state index contributed by atoms with van der Waals surface area (Å²) in [6.07, 6.45) is 16.1. The molecule has 0 aromatic heterocycles. The number of ether oxygens (including phenoxy) is 1. The molecule has 1 fully saturated rings. The van der Waals surface area contributed by atoms with Crippen LogP contribution in [0.5, 0.6) is 0 Å². The lowest BCUT2D eigenvalue weighted by Gasteiger charge is -2.21. The number of piperidine rings is 1. The van der Waals surface area contributed by atoms with E-state index in [1.54, 1.807) is 0 Å². The van der Waals surface area contributed by atoms with E-state index in [9.17, 15) is 4.79 Å². The van der Waals surface area contributed by atoms with Crippen molar-refractivity contribution < 1.29 is 9.53 Å². The highest BCUT2D eigenvalue weighted by molar-refractivity contribution is 5.75. The Bertz CT molecular complexity index is 592. The molecule has 0 amide bonds. The molecule has 148 valence electrons. The summed E-state index contributed by atoms with van der Waals surface area (Å²) in [5.74, 6) is -0.122. The van der Waals surface area contributed by atoms with E-state index in [2.05, 4.69) is 56.5 Å². The summed E-state index contributed by atoms with van der Waals surface area (Å²) in [5, 5.41) is 3.18. The fourth-order valence-electron chi connectivity index (χ4n) is 2.54. The number of benzene rings is 1. The van der Waals surface area contributed by atoms with Crippen molar-refractivity contribution in [3.05, 3.63) is 71.8 Å². The van der Waals surface area contributed by atoms with Crippen molar-refractivity contribution in [3.63, 3.8) is 0 Å². The average molecular weight is 370 g/mol. The van der Waals surface area contributed by atoms with E-state index in [-0.39, 0.29) is 12.0 Å². The van der Waals surface area contributed by atoms with Gasteiger partial charge < -0.3 is 10.1 Å². The molecule has 1 atom stereocenters. The fourth-order valence-corrected chi connectivity index (χ4v) is 2.54. The number of unbranched alkanes of at least 4 members (excludes halogenated alkanes) is 1. The van der Waals surface area contributed by atoms with Crippen LogP contribution >= 0.6 is 0 Å². The third-order valence-electron chi connectivity index (χ3n) is 4.06. The van der Waals surface area contributed by atoms with Gasteiger partial charge >= 0.3 is 5.97 Å². The molecule has 1 aliphatic heterocycles. The standard InChI is InChI=1S/C13H17NO2.C11H18/c15-13(12-8-4-5-9-14-12)16-10-11-6-2-1-3-7-11;1-4-5-6-7-8-9-10-11(2)3/h1-3,6-7,12,14H,4-5,8-10H2;6-10H,4-5H2,1-3H3/b;7-6+,9-8-. The molecule has 1 unspecified atom stereocenters. The fraction of sp³-hybridized carbons (Fsp3) is 0.458. The van der Waals surface area contributed by atoms with E-state index < -0.39 is 0 Å². The second kappa shape index (κ2) is 15.0. The number of hydrogen-bond acceptors (Lipinski definition) is 3. The summed E-state index contributed by atoms with van der Waals surface area (Å²) in [4.78, 5) is 11.7. The Balaban J connectivity index is 0.000000293. The first kappa shape index (κ1) is 22.9. The average Bonchev–Trinajstić information content (AvgIpc) is 2.70. The van der Waals surface area contributed by atoms with E-state index in [0.717, 1.165) is 31.4 Å². The number of rotatable bonds is 7. The Morgan fingerprint density at radius 3 is 2.56 bits per heavy atom. The maximum atomic E-state index is 11.7. The molecule has 27 heavy (non-hydrogen) atoms. The minimum atomic E-state index is -0.122. The molecule has 0 radical (unpaired) electrons. The molecule has 2 rings (SSSR count). The first-order valence-electron chi connectivity index (χ1n) is 10.0. The second-order valence-corrected chi connectivity index (χ2v) is 6.94. The van der Waals surface area contributed by atoms with Gasteiger partial charge in [-0.05, 0) is 45.2 Å². The Morgan fingerprint density at radius 2 is 1.93 bits per heavy atom. The molecule has 1 aromatic carbocycles. The van der Waals surface area contributed by atoms with Gasteiger partial charge in [0.15, 0.2) is 0 Å². The van der Waals surface area contributed by atoms with Crippen LogP contribution in [-0.4, -0.2) is 18.6 Å². The van der Waals surface area contributed by atoms with Crippen LogP contribution < -0.4 is 5.32 Å². The van der Waals surface area contributed by atoms with Gasteiger partial charge in [0.2, 0.25) is 0 Å². The van der Waals surface area contributed by atoms with E-state index >= 15 is 0 Å². The molecule has 1 aliphatic rings. The van der Waals surface area contributed by atoms with Crippen LogP contribution in [-0.2, 0) is 16.1 Å². The van der Waals surface area contributed by atoms with Gasteiger partial charge in [0.25, 0.3) is 0 Å². The van der Waals surface area contributed by atoms with Gasteiger partial charge in [0, 0.05) is 0 Å². The summed E-state index contributed by atoms with van der Waals surface area (Å²) in [5.41, 5.74) is 2.37. The van der Waals surface area contributed by atoms with Crippen LogP contribution in [0.1, 0.15) is 58.4 Å². The smallest absolute Gasteiger partial charge is 0.323 e. The molecule has 1 saturated heterocycles. The van der Waals surface area contributed by atoms with Crippen LogP contribution in [0.3, 0.4) is 0 Å². The molecule has 1 N–H and O–H groups in total. The third kappa shape index (κ3) is 12.0. The van der Waals surface area contributed by atoms with E-state index in [0.29, 0.717) is 6.61 Å². The van der Waals surface area contributed by atoms with Gasteiger partial charge in [-0.15, -0.1) is 0 Å². The topological polar surface area (TPSA) is 38.3 Å². The summed E-state index contributed by atoms with van der Waals surface area (Å²) in [7, 11) is 0. The van der Waals surface area contributed by atoms with Gasteiger partial charge in [-0.2, -0.15) is 0 Å². The highest BCUT2D eigenvalue weighted by atomic mass is 16.5. The minimum absolute atomic E-state index is 0.0996. The summed E-state index contributed by atoms with van der Waals surface area (Å²) in [6, 6.07) is 9.67. The summed E-state index contributed by atoms with van der Waals surface area (Å²) in [6.45, 7) is 7.67. The van der Waals surface area contributed by atoms with Crippen molar-refractivity contribution in [2.45, 2.75) is 65.5 Å². The van der Waals surface area contributed by atoms with Crippen molar-refractivity contribution >= 4 is 5.97 Å². The zero-order valence-electron chi connectivity index (χ0n) is 17.1. The molecular formula is C24H35NO2. The van der Waals surface area contributed by atoms with Crippen LogP contribution in [0.4, 0.5) is 0 Å². The summed E-state index contributed by atoms with van der Waals surface area (Å²) < 4.78 is 5.27. The molecule has 1 heterocycles. The van der Waals surface area contributed by atoms with E-state index in [4.69, 9.17) is 4.74 Å². The maximum absolute atomic E-state index is 11.7. The lowest BCUT2D eigenvalue weighted by atomic mass is 10.1. The number of nitrogens with one attached hydrogen (secondary N) is 1. The SMILES string of the molecule is CCC/C=C/C=C\C=C(C)C.O=C(OCc1ccccc1)C1CCCCN1. The normalized spacial score (nSPS) is 16.6. The number of carbonyl (C=O) groups is 1. The molecule has 0 spiro atoms. The zero-order valence-corrected chi connectivity index (χ0v) is 17.1. The van der Waals surface area contributed by atoms with Crippen LogP contribution in [0.25, 0.3) is 0 Å². The number of carbonyl (C=O) groups excluding carboxylic acids is 1. The molecule has 1 aromatic rings. The first-order chi connectivity index (χ1) is 13.1. The van der Waals surface area contributed by atoms with Crippen molar-refractivity contribution in [1.82, 2.24) is 5.32 Å². The van der Waals surface area contributed by atoms with Gasteiger partial charge in [0.1, 0.15) is 12.6 Å². The number of hydrogen-bond donors (Lipinski definition) is 1. The molecule has 0 saturated carbocycles. The second-order valence-electron chi connectivity index (χ2n) is 6.94. The van der Waals surface area contributed by atoms with Gasteiger partial charge in [-0.25, -0.2) is 0 Å². The number of allylic oxidation sites excluding steroid dienone is 6. The predicted octanol–water partition coefficient (Wildman–Crippen LogP) is 5.74. The van der Waals surface area contributed by atoms with Gasteiger partial charge in [0.05, 0.1) is 0 Å². The van der Waals surface area contributed by atoms with Crippen LogP contribution in [0.15, 0.2) is 66.3 Å². The van der Waals surface area contributed by atoms with Crippen molar-refractivity contribution in [2.75, 3.05) is 6.54 Å².